The van der Waals surface area contributed by atoms with Crippen molar-refractivity contribution in [3.8, 4) is 5.69 Å². The molecule has 0 aliphatic heterocycles. The summed E-state index contributed by atoms with van der Waals surface area (Å²) in [6.07, 6.45) is -7.08. The molecular formula is C29H33F4N3O5. The highest BCUT2D eigenvalue weighted by molar-refractivity contribution is 5.94. The van der Waals surface area contributed by atoms with Crippen molar-refractivity contribution in [3.63, 3.8) is 0 Å². The molecule has 0 saturated heterocycles. The molecule has 1 amide bonds. The number of aromatic nitrogens is 2. The Balaban J connectivity index is 1.93. The van der Waals surface area contributed by atoms with Gasteiger partial charge in [-0.15, -0.1) is 0 Å². The Bertz CT molecular complexity index is 1340. The van der Waals surface area contributed by atoms with E-state index >= 15 is 0 Å². The predicted octanol–water partition coefficient (Wildman–Crippen LogP) is 4.95. The van der Waals surface area contributed by atoms with Crippen molar-refractivity contribution in [2.75, 3.05) is 7.05 Å². The fraction of sp³-hybridized carbons (Fsp3) is 0.414. The maximum atomic E-state index is 13.7. The van der Waals surface area contributed by atoms with Gasteiger partial charge in [-0.2, -0.15) is 18.3 Å². The zero-order valence-electron chi connectivity index (χ0n) is 22.9. The molecule has 0 fully saturated rings. The van der Waals surface area contributed by atoms with Crippen LogP contribution in [-0.2, 0) is 23.9 Å². The highest BCUT2D eigenvalue weighted by Gasteiger charge is 2.31. The van der Waals surface area contributed by atoms with Crippen LogP contribution in [0.4, 0.5) is 17.6 Å². The van der Waals surface area contributed by atoms with Crippen LogP contribution in [0.1, 0.15) is 71.9 Å². The zero-order valence-corrected chi connectivity index (χ0v) is 22.9. The van der Waals surface area contributed by atoms with E-state index < -0.39 is 48.1 Å². The molecule has 3 rings (SSSR count). The molecule has 0 spiro atoms. The van der Waals surface area contributed by atoms with Crippen LogP contribution in [-0.4, -0.2) is 61.1 Å². The van der Waals surface area contributed by atoms with Crippen LogP contribution in [0.25, 0.3) is 5.69 Å². The van der Waals surface area contributed by atoms with E-state index in [2.05, 4.69) is 5.10 Å². The number of carboxylic acids is 1. The number of hydrogen-bond acceptors (Lipinski definition) is 5. The second kappa shape index (κ2) is 13.3. The maximum Gasteiger partial charge on any atom is 0.416 e. The first-order chi connectivity index (χ1) is 19.2. The van der Waals surface area contributed by atoms with Crippen molar-refractivity contribution in [1.29, 1.82) is 0 Å². The zero-order chi connectivity index (χ0) is 30.5. The van der Waals surface area contributed by atoms with E-state index in [9.17, 15) is 37.4 Å². The van der Waals surface area contributed by atoms with Crippen LogP contribution in [0.15, 0.2) is 48.5 Å². The molecule has 0 aliphatic rings. The molecule has 41 heavy (non-hydrogen) atoms. The summed E-state index contributed by atoms with van der Waals surface area (Å²) < 4.78 is 53.9. The van der Waals surface area contributed by atoms with Crippen LogP contribution < -0.4 is 0 Å². The topological polar surface area (TPSA) is 116 Å². The summed E-state index contributed by atoms with van der Waals surface area (Å²) in [5, 5.41) is 33.8. The van der Waals surface area contributed by atoms with Gasteiger partial charge in [-0.25, -0.2) is 9.07 Å². The van der Waals surface area contributed by atoms with E-state index in [-0.39, 0.29) is 37.4 Å². The first kappa shape index (κ1) is 31.8. The molecule has 0 saturated carbocycles. The summed E-state index contributed by atoms with van der Waals surface area (Å²) >= 11 is 0. The van der Waals surface area contributed by atoms with Gasteiger partial charge in [0.25, 0.3) is 5.91 Å². The van der Waals surface area contributed by atoms with Gasteiger partial charge in [0.15, 0.2) is 5.69 Å². The van der Waals surface area contributed by atoms with Crippen molar-refractivity contribution in [2.45, 2.75) is 70.4 Å². The number of amides is 1. The highest BCUT2D eigenvalue weighted by atomic mass is 19.4. The summed E-state index contributed by atoms with van der Waals surface area (Å²) in [6, 6.07) is 9.97. The number of nitrogens with zero attached hydrogens (tertiary/aromatic N) is 3. The van der Waals surface area contributed by atoms with Crippen molar-refractivity contribution >= 4 is 11.9 Å². The first-order valence-corrected chi connectivity index (χ1v) is 13.0. The van der Waals surface area contributed by atoms with Crippen molar-refractivity contribution in [2.24, 2.45) is 0 Å². The smallest absolute Gasteiger partial charge is 0.416 e. The van der Waals surface area contributed by atoms with E-state index in [1.807, 2.05) is 13.8 Å². The largest absolute Gasteiger partial charge is 0.481 e. The number of carboxylic acid groups (broad SMARTS) is 1. The lowest BCUT2D eigenvalue weighted by molar-refractivity contribution is -0.139. The molecular weight excluding hydrogens is 546 g/mol. The lowest BCUT2D eigenvalue weighted by Crippen LogP contribution is -2.27. The summed E-state index contributed by atoms with van der Waals surface area (Å²) in [6.45, 7) is 3.73. The number of hydrogen-bond donors (Lipinski definition) is 3. The third kappa shape index (κ3) is 8.37. The van der Waals surface area contributed by atoms with Crippen LogP contribution >= 0.6 is 0 Å². The molecule has 3 aromatic rings. The normalized spacial score (nSPS) is 13.3. The quantitative estimate of drug-likeness (QED) is 0.262. The van der Waals surface area contributed by atoms with Gasteiger partial charge in [-0.1, -0.05) is 26.0 Å². The van der Waals surface area contributed by atoms with E-state index in [0.717, 1.165) is 12.1 Å². The van der Waals surface area contributed by atoms with E-state index in [1.54, 1.807) is 0 Å². The van der Waals surface area contributed by atoms with E-state index in [1.165, 1.54) is 53.0 Å². The van der Waals surface area contributed by atoms with Crippen molar-refractivity contribution in [1.82, 2.24) is 14.7 Å². The van der Waals surface area contributed by atoms with E-state index in [0.29, 0.717) is 22.5 Å². The van der Waals surface area contributed by atoms with Gasteiger partial charge in [0, 0.05) is 24.8 Å². The third-order valence-corrected chi connectivity index (χ3v) is 6.59. The number of benzene rings is 2. The maximum absolute atomic E-state index is 13.7. The van der Waals surface area contributed by atoms with Gasteiger partial charge in [0.2, 0.25) is 0 Å². The molecule has 0 aliphatic carbocycles. The fourth-order valence-electron chi connectivity index (χ4n) is 4.61. The molecule has 0 radical (unpaired) electrons. The molecule has 222 valence electrons. The minimum absolute atomic E-state index is 0.0213. The molecule has 12 heteroatoms. The monoisotopic (exact) mass is 579 g/mol. The van der Waals surface area contributed by atoms with Gasteiger partial charge in [0.1, 0.15) is 5.82 Å². The van der Waals surface area contributed by atoms with Crippen molar-refractivity contribution in [3.05, 3.63) is 82.4 Å². The minimum atomic E-state index is -4.47. The van der Waals surface area contributed by atoms with Crippen LogP contribution in [0.5, 0.6) is 0 Å². The number of halogens is 4. The average Bonchev–Trinajstić information content (AvgIpc) is 3.26. The molecule has 2 aromatic carbocycles. The summed E-state index contributed by atoms with van der Waals surface area (Å²) in [4.78, 5) is 25.8. The van der Waals surface area contributed by atoms with E-state index in [4.69, 9.17) is 5.11 Å². The predicted molar refractivity (Wildman–Crippen MR) is 142 cm³/mol. The Hall–Kier alpha value is -3.77. The number of carbonyl (C=O) groups excluding carboxylic acids is 1. The van der Waals surface area contributed by atoms with Crippen LogP contribution in [0.3, 0.4) is 0 Å². The number of alkyl halides is 3. The number of rotatable bonds is 12. The Morgan fingerprint density at radius 2 is 1.61 bits per heavy atom. The van der Waals surface area contributed by atoms with Gasteiger partial charge < -0.3 is 20.2 Å². The van der Waals surface area contributed by atoms with Gasteiger partial charge in [-0.3, -0.25) is 9.59 Å². The minimum Gasteiger partial charge on any atom is -0.481 e. The Kier molecular flexibility index (Phi) is 10.3. The molecule has 2 atom stereocenters. The lowest BCUT2D eigenvalue weighted by Gasteiger charge is -2.19. The molecule has 8 nitrogen and oxygen atoms in total. The van der Waals surface area contributed by atoms with Gasteiger partial charge in [0.05, 0.1) is 29.9 Å². The summed E-state index contributed by atoms with van der Waals surface area (Å²) in [5.41, 5.74) is 1.42. The van der Waals surface area contributed by atoms with Crippen LogP contribution in [0, 0.1) is 5.82 Å². The molecule has 0 bridgehead atoms. The Morgan fingerprint density at radius 3 is 2.15 bits per heavy atom. The Morgan fingerprint density at radius 1 is 1.00 bits per heavy atom. The third-order valence-electron chi connectivity index (χ3n) is 6.59. The molecule has 3 N–H and O–H groups in total. The second-order valence-electron chi connectivity index (χ2n) is 10.3. The molecule has 1 heterocycles. The molecule has 0 unspecified atom stereocenters. The first-order valence-electron chi connectivity index (χ1n) is 13.0. The molecule has 1 aromatic heterocycles. The number of aliphatic carboxylic acids is 1. The number of carbonyl (C=O) groups is 2. The lowest BCUT2D eigenvalue weighted by atomic mass is 9.95. The Labute approximate surface area is 234 Å². The number of aliphatic hydroxyl groups is 2. The standard InChI is InChI=1S/C29H33F4N3O5/c1-17(2)26-24(13-12-22(37)14-23(38)15-25(39)40)36(21-10-8-20(30)9-11-21)34-27(26)28(41)35(3)16-18-4-6-19(7-5-18)29(31,32)33/h4-11,17,22-23,37-38H,12-16H2,1-3H3,(H,39,40)/t22-,23-/m1/s1. The SMILES string of the molecule is CC(C)c1c(C(=O)N(C)Cc2ccc(C(F)(F)F)cc2)nn(-c2ccc(F)cc2)c1CC[C@@H](O)C[C@@H](O)CC(=O)O. The summed E-state index contributed by atoms with van der Waals surface area (Å²) in [5.74, 6) is -2.35. The average molecular weight is 580 g/mol. The fourth-order valence-corrected chi connectivity index (χ4v) is 4.61. The number of aliphatic hydroxyl groups excluding tert-OH is 2. The summed E-state index contributed by atoms with van der Waals surface area (Å²) in [7, 11) is 1.51. The van der Waals surface area contributed by atoms with Crippen molar-refractivity contribution < 1.29 is 42.5 Å². The van der Waals surface area contributed by atoms with Gasteiger partial charge >= 0.3 is 12.1 Å². The van der Waals surface area contributed by atoms with Gasteiger partial charge in [-0.05, 0) is 67.1 Å². The highest BCUT2D eigenvalue weighted by Crippen LogP contribution is 2.31. The van der Waals surface area contributed by atoms with Crippen LogP contribution in [0.2, 0.25) is 0 Å². The second-order valence-corrected chi connectivity index (χ2v) is 10.3.